The lowest BCUT2D eigenvalue weighted by Gasteiger charge is -2.09. The summed E-state index contributed by atoms with van der Waals surface area (Å²) in [6, 6.07) is 13.3. The Morgan fingerprint density at radius 1 is 0.966 bits per heavy atom. The van der Waals surface area contributed by atoms with Crippen LogP contribution in [0, 0.1) is 0 Å². The van der Waals surface area contributed by atoms with Gasteiger partial charge in [0.15, 0.2) is 0 Å². The number of nitrogens with one attached hydrogen (secondary N) is 4. The minimum atomic E-state index is -0.539. The minimum absolute atomic E-state index is 0.0662. The summed E-state index contributed by atoms with van der Waals surface area (Å²) in [5.74, 6) is -0.968. The number of fused-ring (bicyclic) bond motifs is 2. The van der Waals surface area contributed by atoms with Gasteiger partial charge in [-0.1, -0.05) is 18.2 Å². The zero-order valence-electron chi connectivity index (χ0n) is 15.0. The summed E-state index contributed by atoms with van der Waals surface area (Å²) in [6.07, 6.45) is 1.63. The summed E-state index contributed by atoms with van der Waals surface area (Å²) in [5, 5.41) is 10.6. The number of hydrogen-bond acceptors (Lipinski definition) is 5. The molecule has 0 fully saturated rings. The smallest absolute Gasteiger partial charge is 0.272 e. The predicted octanol–water partition coefficient (Wildman–Crippen LogP) is 1.13. The zero-order valence-corrected chi connectivity index (χ0v) is 15.0. The lowest BCUT2D eigenvalue weighted by atomic mass is 10.1. The number of amides is 2. The van der Waals surface area contributed by atoms with Crippen molar-refractivity contribution in [2.45, 2.75) is 0 Å². The lowest BCUT2D eigenvalue weighted by Crippen LogP contribution is -2.33. The molecule has 0 aliphatic heterocycles. The molecule has 0 bridgehead atoms. The Balaban J connectivity index is 1.48. The largest absolute Gasteiger partial charge is 0.343 e. The summed E-state index contributed by atoms with van der Waals surface area (Å²) in [5.41, 5.74) is 0.211. The predicted molar refractivity (Wildman–Crippen MR) is 108 cm³/mol. The lowest BCUT2D eigenvalue weighted by molar-refractivity contribution is -0.115. The summed E-state index contributed by atoms with van der Waals surface area (Å²) >= 11 is 0. The van der Waals surface area contributed by atoms with Gasteiger partial charge in [-0.15, -0.1) is 0 Å². The van der Waals surface area contributed by atoms with Crippen LogP contribution >= 0.6 is 0 Å². The molecule has 0 aliphatic carbocycles. The summed E-state index contributed by atoms with van der Waals surface area (Å²) in [4.78, 5) is 52.7. The number of nitrogens with zero attached hydrogens (tertiary/aromatic N) is 1. The van der Waals surface area contributed by atoms with Gasteiger partial charge in [-0.25, -0.2) is 0 Å². The summed E-state index contributed by atoms with van der Waals surface area (Å²) < 4.78 is 0. The molecule has 2 aromatic carbocycles. The van der Waals surface area contributed by atoms with Crippen molar-refractivity contribution in [2.75, 3.05) is 11.9 Å². The molecule has 4 aromatic rings. The van der Waals surface area contributed by atoms with Crippen molar-refractivity contribution in [1.29, 1.82) is 0 Å². The number of carbonyl (C=O) groups is 2. The van der Waals surface area contributed by atoms with Crippen molar-refractivity contribution < 1.29 is 9.59 Å². The molecule has 2 aromatic heterocycles. The molecule has 144 valence electrons. The maximum Gasteiger partial charge on any atom is 0.272 e. The molecule has 2 heterocycles. The molecule has 0 saturated carbocycles. The van der Waals surface area contributed by atoms with Gasteiger partial charge in [-0.2, -0.15) is 0 Å². The van der Waals surface area contributed by atoms with Crippen LogP contribution in [0.5, 0.6) is 0 Å². The van der Waals surface area contributed by atoms with E-state index in [0.717, 1.165) is 5.39 Å². The van der Waals surface area contributed by atoms with Crippen molar-refractivity contribution >= 4 is 39.2 Å². The standard InChI is InChI=1S/C20H15N5O4/c26-16(23-14-5-1-4-13-17(14)20(29)25-24-19(13)28)10-22-18(27)12-7-6-11-3-2-8-21-15(11)9-12/h1-9H,10H2,(H,22,27)(H,23,26)(H,24,28)(H,25,29). The van der Waals surface area contributed by atoms with Gasteiger partial charge in [0, 0.05) is 17.1 Å². The maximum atomic E-state index is 12.3. The number of pyridine rings is 1. The van der Waals surface area contributed by atoms with E-state index in [-0.39, 0.29) is 23.0 Å². The first-order valence-electron chi connectivity index (χ1n) is 8.69. The molecule has 9 nitrogen and oxygen atoms in total. The fraction of sp³-hybridized carbons (Fsp3) is 0.0500. The van der Waals surface area contributed by atoms with Gasteiger partial charge in [0.2, 0.25) is 5.91 Å². The van der Waals surface area contributed by atoms with Crippen LogP contribution in [-0.4, -0.2) is 33.5 Å². The average Bonchev–Trinajstić information content (AvgIpc) is 2.74. The fourth-order valence-corrected chi connectivity index (χ4v) is 3.00. The highest BCUT2D eigenvalue weighted by molar-refractivity contribution is 6.04. The third-order valence-electron chi connectivity index (χ3n) is 4.38. The SMILES string of the molecule is O=C(CNC(=O)c1ccc2cccnc2c1)Nc1cccc2c(=O)[nH][nH]c(=O)c12. The first-order chi connectivity index (χ1) is 14.0. The van der Waals surface area contributed by atoms with Gasteiger partial charge in [0.25, 0.3) is 17.0 Å². The van der Waals surface area contributed by atoms with Gasteiger partial charge < -0.3 is 10.6 Å². The zero-order chi connectivity index (χ0) is 20.4. The highest BCUT2D eigenvalue weighted by Gasteiger charge is 2.13. The molecule has 0 aliphatic rings. The van der Waals surface area contributed by atoms with Crippen molar-refractivity contribution in [3.63, 3.8) is 0 Å². The Bertz CT molecular complexity index is 1370. The first-order valence-corrected chi connectivity index (χ1v) is 8.69. The number of aromatic amines is 2. The molecule has 0 spiro atoms. The van der Waals surface area contributed by atoms with E-state index in [0.29, 0.717) is 11.1 Å². The number of hydrogen-bond donors (Lipinski definition) is 4. The van der Waals surface area contributed by atoms with E-state index in [1.54, 1.807) is 36.5 Å². The van der Waals surface area contributed by atoms with Gasteiger partial charge in [0.1, 0.15) is 0 Å². The van der Waals surface area contributed by atoms with Gasteiger partial charge in [0.05, 0.1) is 28.5 Å². The van der Waals surface area contributed by atoms with E-state index >= 15 is 0 Å². The first kappa shape index (κ1) is 18.1. The average molecular weight is 389 g/mol. The Hall–Kier alpha value is -4.27. The normalized spacial score (nSPS) is 10.8. The molecule has 0 unspecified atom stereocenters. The number of carbonyl (C=O) groups excluding carboxylic acids is 2. The van der Waals surface area contributed by atoms with Crippen LogP contribution in [0.2, 0.25) is 0 Å². The highest BCUT2D eigenvalue weighted by atomic mass is 16.2. The van der Waals surface area contributed by atoms with Crippen LogP contribution in [0.1, 0.15) is 10.4 Å². The molecule has 2 amide bonds. The summed E-state index contributed by atoms with van der Waals surface area (Å²) in [7, 11) is 0. The van der Waals surface area contributed by atoms with Gasteiger partial charge >= 0.3 is 0 Å². The maximum absolute atomic E-state index is 12.3. The molecule has 0 atom stereocenters. The topological polar surface area (TPSA) is 137 Å². The minimum Gasteiger partial charge on any atom is -0.343 e. The quantitative estimate of drug-likeness (QED) is 0.415. The number of aromatic nitrogens is 3. The van der Waals surface area contributed by atoms with E-state index in [2.05, 4.69) is 25.8 Å². The van der Waals surface area contributed by atoms with E-state index < -0.39 is 22.9 Å². The van der Waals surface area contributed by atoms with Crippen LogP contribution in [0.15, 0.2) is 64.3 Å². The number of H-pyrrole nitrogens is 2. The Kier molecular flexibility index (Phi) is 4.62. The molecular weight excluding hydrogens is 374 g/mol. The van der Waals surface area contributed by atoms with Gasteiger partial charge in [-0.3, -0.25) is 34.4 Å². The van der Waals surface area contributed by atoms with E-state index in [4.69, 9.17) is 0 Å². The molecule has 29 heavy (non-hydrogen) atoms. The molecular formula is C20H15N5O4. The van der Waals surface area contributed by atoms with E-state index in [1.165, 1.54) is 12.1 Å². The van der Waals surface area contributed by atoms with Gasteiger partial charge in [-0.05, 0) is 30.3 Å². The Labute approximate surface area is 162 Å². The van der Waals surface area contributed by atoms with E-state index in [9.17, 15) is 19.2 Å². The Morgan fingerprint density at radius 3 is 2.66 bits per heavy atom. The van der Waals surface area contributed by atoms with Crippen LogP contribution in [0.4, 0.5) is 5.69 Å². The number of rotatable bonds is 4. The third kappa shape index (κ3) is 3.61. The van der Waals surface area contributed by atoms with Crippen molar-refractivity contribution in [1.82, 2.24) is 20.5 Å². The van der Waals surface area contributed by atoms with E-state index in [1.807, 2.05) is 6.07 Å². The molecule has 9 heteroatoms. The molecule has 0 radical (unpaired) electrons. The van der Waals surface area contributed by atoms with Crippen molar-refractivity contribution in [2.24, 2.45) is 0 Å². The number of benzene rings is 2. The summed E-state index contributed by atoms with van der Waals surface area (Å²) in [6.45, 7) is -0.309. The molecule has 4 rings (SSSR count). The fourth-order valence-electron chi connectivity index (χ4n) is 3.00. The monoisotopic (exact) mass is 389 g/mol. The van der Waals surface area contributed by atoms with Crippen LogP contribution in [0.25, 0.3) is 21.7 Å². The Morgan fingerprint density at radius 2 is 1.79 bits per heavy atom. The highest BCUT2D eigenvalue weighted by Crippen LogP contribution is 2.16. The van der Waals surface area contributed by atoms with Crippen molar-refractivity contribution in [3.05, 3.63) is 81.0 Å². The second-order valence-electron chi connectivity index (χ2n) is 6.28. The molecule has 4 N–H and O–H groups in total. The number of anilines is 1. The van der Waals surface area contributed by atoms with Crippen LogP contribution in [-0.2, 0) is 4.79 Å². The van der Waals surface area contributed by atoms with Crippen molar-refractivity contribution in [3.8, 4) is 0 Å². The van der Waals surface area contributed by atoms with Crippen LogP contribution < -0.4 is 21.8 Å². The molecule has 0 saturated heterocycles. The van der Waals surface area contributed by atoms with Crippen LogP contribution in [0.3, 0.4) is 0 Å². The second-order valence-corrected chi connectivity index (χ2v) is 6.28. The third-order valence-corrected chi connectivity index (χ3v) is 4.38. The second kappa shape index (κ2) is 7.39.